The number of carbonyl (C=O) groups excluding carboxylic acids is 1. The van der Waals surface area contributed by atoms with Crippen LogP contribution in [-0.2, 0) is 21.3 Å². The summed E-state index contributed by atoms with van der Waals surface area (Å²) in [6.45, 7) is -0.244. The standard InChI is InChI=1S/C17H13Cl2N3O5S/c1-26-17(23)13-8-12(5-6-14(13)19)28(24,25)20-9-15-21-16(22-27-15)10-3-2-4-11(18)7-10/h2-8,20H,9H2,1H3. The topological polar surface area (TPSA) is 111 Å². The van der Waals surface area contributed by atoms with E-state index in [9.17, 15) is 13.2 Å². The molecule has 0 bridgehead atoms. The molecular formula is C17H13Cl2N3O5S. The fraction of sp³-hybridized carbons (Fsp3) is 0.118. The van der Waals surface area contributed by atoms with Gasteiger partial charge < -0.3 is 9.26 Å². The first-order valence-corrected chi connectivity index (χ1v) is 10.00. The normalized spacial score (nSPS) is 11.4. The summed E-state index contributed by atoms with van der Waals surface area (Å²) in [5.41, 5.74) is 0.568. The average molecular weight is 442 g/mol. The van der Waals surface area contributed by atoms with Gasteiger partial charge in [-0.1, -0.05) is 40.5 Å². The third kappa shape index (κ3) is 4.50. The summed E-state index contributed by atoms with van der Waals surface area (Å²) < 4.78 is 36.9. The van der Waals surface area contributed by atoms with Crippen molar-refractivity contribution in [3.63, 3.8) is 0 Å². The van der Waals surface area contributed by atoms with E-state index in [4.69, 9.17) is 27.7 Å². The predicted molar refractivity (Wildman–Crippen MR) is 102 cm³/mol. The van der Waals surface area contributed by atoms with Crippen molar-refractivity contribution in [2.24, 2.45) is 0 Å². The number of halogens is 2. The first-order chi connectivity index (χ1) is 13.3. The average Bonchev–Trinajstić information content (AvgIpc) is 3.15. The number of methoxy groups -OCH3 is 1. The van der Waals surface area contributed by atoms with Crippen LogP contribution in [-0.4, -0.2) is 31.6 Å². The minimum Gasteiger partial charge on any atom is -0.465 e. The number of ether oxygens (including phenoxy) is 1. The highest BCUT2D eigenvalue weighted by molar-refractivity contribution is 7.89. The summed E-state index contributed by atoms with van der Waals surface area (Å²) in [4.78, 5) is 15.7. The Morgan fingerprint density at radius 1 is 1.21 bits per heavy atom. The van der Waals surface area contributed by atoms with Crippen molar-refractivity contribution in [3.05, 3.63) is 64.0 Å². The van der Waals surface area contributed by atoms with Gasteiger partial charge in [-0.3, -0.25) is 0 Å². The van der Waals surface area contributed by atoms with Crippen LogP contribution in [0.4, 0.5) is 0 Å². The van der Waals surface area contributed by atoms with E-state index < -0.39 is 16.0 Å². The molecule has 0 aliphatic carbocycles. The van der Waals surface area contributed by atoms with Crippen molar-refractivity contribution in [1.82, 2.24) is 14.9 Å². The molecule has 11 heteroatoms. The summed E-state index contributed by atoms with van der Waals surface area (Å²) in [6.07, 6.45) is 0. The molecule has 0 unspecified atom stereocenters. The molecule has 0 saturated carbocycles. The molecule has 0 amide bonds. The minimum absolute atomic E-state index is 0.0562. The molecule has 0 aliphatic heterocycles. The lowest BCUT2D eigenvalue weighted by atomic mass is 10.2. The summed E-state index contributed by atoms with van der Waals surface area (Å²) >= 11 is 11.8. The van der Waals surface area contributed by atoms with Gasteiger partial charge in [-0.05, 0) is 30.3 Å². The lowest BCUT2D eigenvalue weighted by Crippen LogP contribution is -2.23. The number of sulfonamides is 1. The molecule has 0 saturated heterocycles. The molecule has 0 aliphatic rings. The monoisotopic (exact) mass is 441 g/mol. The molecule has 28 heavy (non-hydrogen) atoms. The van der Waals surface area contributed by atoms with Crippen LogP contribution in [0, 0.1) is 0 Å². The van der Waals surface area contributed by atoms with Gasteiger partial charge in [0.15, 0.2) is 0 Å². The lowest BCUT2D eigenvalue weighted by molar-refractivity contribution is 0.0600. The number of hydrogen-bond donors (Lipinski definition) is 1. The van der Waals surface area contributed by atoms with Crippen LogP contribution in [0.2, 0.25) is 10.0 Å². The Kier molecular flexibility index (Phi) is 5.99. The molecule has 0 fully saturated rings. The number of nitrogens with one attached hydrogen (secondary N) is 1. The molecule has 2 aromatic carbocycles. The quantitative estimate of drug-likeness (QED) is 0.583. The summed E-state index contributed by atoms with van der Waals surface area (Å²) in [5.74, 6) is -0.415. The van der Waals surface area contributed by atoms with Gasteiger partial charge in [-0.25, -0.2) is 17.9 Å². The Labute approximate surface area is 170 Å². The van der Waals surface area contributed by atoms with Gasteiger partial charge in [0.25, 0.3) is 0 Å². The van der Waals surface area contributed by atoms with Crippen LogP contribution >= 0.6 is 23.2 Å². The third-order valence-corrected chi connectivity index (χ3v) is 5.58. The van der Waals surface area contributed by atoms with Gasteiger partial charge in [-0.2, -0.15) is 4.98 Å². The minimum atomic E-state index is -3.97. The number of rotatable bonds is 6. The van der Waals surface area contributed by atoms with E-state index in [0.29, 0.717) is 10.6 Å². The zero-order chi connectivity index (χ0) is 20.3. The molecule has 1 N–H and O–H groups in total. The SMILES string of the molecule is COC(=O)c1cc(S(=O)(=O)NCc2nc(-c3cccc(Cl)c3)no2)ccc1Cl. The zero-order valence-electron chi connectivity index (χ0n) is 14.3. The number of aromatic nitrogens is 2. The number of benzene rings is 2. The maximum absolute atomic E-state index is 12.5. The fourth-order valence-electron chi connectivity index (χ4n) is 2.25. The maximum atomic E-state index is 12.5. The van der Waals surface area contributed by atoms with Crippen LogP contribution in [0.1, 0.15) is 16.2 Å². The summed E-state index contributed by atoms with van der Waals surface area (Å²) in [6, 6.07) is 10.5. The molecule has 146 valence electrons. The third-order valence-electron chi connectivity index (χ3n) is 3.62. The number of nitrogens with zero attached hydrogens (tertiary/aromatic N) is 2. The number of hydrogen-bond acceptors (Lipinski definition) is 7. The van der Waals surface area contributed by atoms with E-state index >= 15 is 0 Å². The molecule has 8 nitrogen and oxygen atoms in total. The molecular weight excluding hydrogens is 429 g/mol. The molecule has 3 rings (SSSR count). The Morgan fingerprint density at radius 3 is 2.71 bits per heavy atom. The molecule has 0 spiro atoms. The maximum Gasteiger partial charge on any atom is 0.339 e. The van der Waals surface area contributed by atoms with Crippen LogP contribution in [0.25, 0.3) is 11.4 Å². The highest BCUT2D eigenvalue weighted by atomic mass is 35.5. The van der Waals surface area contributed by atoms with E-state index in [2.05, 4.69) is 19.6 Å². The fourth-order valence-corrected chi connectivity index (χ4v) is 3.63. The van der Waals surface area contributed by atoms with E-state index in [1.165, 1.54) is 19.2 Å². The first-order valence-electron chi connectivity index (χ1n) is 7.76. The van der Waals surface area contributed by atoms with Crippen LogP contribution < -0.4 is 4.72 Å². The molecule has 1 heterocycles. The van der Waals surface area contributed by atoms with Gasteiger partial charge >= 0.3 is 5.97 Å². The summed E-state index contributed by atoms with van der Waals surface area (Å²) in [5, 5.41) is 4.39. The van der Waals surface area contributed by atoms with Gasteiger partial charge in [0.1, 0.15) is 0 Å². The van der Waals surface area contributed by atoms with E-state index in [1.807, 2.05) is 0 Å². The molecule has 1 aromatic heterocycles. The van der Waals surface area contributed by atoms with Gasteiger partial charge in [0.05, 0.1) is 29.1 Å². The Morgan fingerprint density at radius 2 is 2.00 bits per heavy atom. The van der Waals surface area contributed by atoms with Crippen molar-refractivity contribution < 1.29 is 22.5 Å². The second-order valence-electron chi connectivity index (χ2n) is 5.48. The Hall–Kier alpha value is -2.46. The number of esters is 1. The van der Waals surface area contributed by atoms with Crippen LogP contribution in [0.15, 0.2) is 51.9 Å². The van der Waals surface area contributed by atoms with Gasteiger partial charge in [0, 0.05) is 10.6 Å². The van der Waals surface area contributed by atoms with E-state index in [1.54, 1.807) is 24.3 Å². The molecule has 0 atom stereocenters. The van der Waals surface area contributed by atoms with E-state index in [-0.39, 0.29) is 33.7 Å². The van der Waals surface area contributed by atoms with Crippen molar-refractivity contribution in [1.29, 1.82) is 0 Å². The van der Waals surface area contributed by atoms with Gasteiger partial charge in [-0.15, -0.1) is 0 Å². The van der Waals surface area contributed by atoms with Crippen LogP contribution in [0.3, 0.4) is 0 Å². The molecule has 0 radical (unpaired) electrons. The Balaban J connectivity index is 1.76. The highest BCUT2D eigenvalue weighted by Gasteiger charge is 2.20. The Bertz CT molecular complexity index is 1130. The van der Waals surface area contributed by atoms with Crippen LogP contribution in [0.5, 0.6) is 0 Å². The van der Waals surface area contributed by atoms with Crippen molar-refractivity contribution in [2.45, 2.75) is 11.4 Å². The van der Waals surface area contributed by atoms with Crippen molar-refractivity contribution in [3.8, 4) is 11.4 Å². The largest absolute Gasteiger partial charge is 0.465 e. The smallest absolute Gasteiger partial charge is 0.339 e. The van der Waals surface area contributed by atoms with Gasteiger partial charge in [0.2, 0.25) is 21.7 Å². The first kappa shape index (κ1) is 20.3. The lowest BCUT2D eigenvalue weighted by Gasteiger charge is -2.07. The van der Waals surface area contributed by atoms with Crippen molar-refractivity contribution >= 4 is 39.2 Å². The predicted octanol–water partition coefficient (Wildman–Crippen LogP) is 3.31. The van der Waals surface area contributed by atoms with E-state index in [0.717, 1.165) is 6.07 Å². The zero-order valence-corrected chi connectivity index (χ0v) is 16.7. The highest BCUT2D eigenvalue weighted by Crippen LogP contribution is 2.22. The molecule has 3 aromatic rings. The number of carbonyl (C=O) groups is 1. The van der Waals surface area contributed by atoms with Crippen molar-refractivity contribution in [2.75, 3.05) is 7.11 Å². The second kappa shape index (κ2) is 8.27. The summed E-state index contributed by atoms with van der Waals surface area (Å²) in [7, 11) is -2.80. The second-order valence-corrected chi connectivity index (χ2v) is 8.09.